The van der Waals surface area contributed by atoms with Gasteiger partial charge in [0.2, 0.25) is 10.0 Å². The maximum Gasteiger partial charge on any atom is 0.245 e. The van der Waals surface area contributed by atoms with Crippen LogP contribution in [0.3, 0.4) is 0 Å². The summed E-state index contributed by atoms with van der Waals surface area (Å²) in [4.78, 5) is 5.41. The normalized spacial score (nSPS) is 12.0. The van der Waals surface area contributed by atoms with Gasteiger partial charge in [0, 0.05) is 17.1 Å². The molecule has 0 atom stereocenters. The monoisotopic (exact) mass is 393 g/mol. The van der Waals surface area contributed by atoms with Gasteiger partial charge in [-0.25, -0.2) is 18.1 Å². The Morgan fingerprint density at radius 2 is 2.19 bits per heavy atom. The Kier molecular flexibility index (Phi) is 5.55. The van der Waals surface area contributed by atoms with Gasteiger partial charge in [0.25, 0.3) is 0 Å². The molecule has 0 saturated heterocycles. The number of halogens is 1. The number of nitrogens with zero attached hydrogens (tertiary/aromatic N) is 1. The molecule has 0 saturated carbocycles. The van der Waals surface area contributed by atoms with E-state index in [9.17, 15) is 8.42 Å². The first-order valence-electron chi connectivity index (χ1n) is 6.32. The van der Waals surface area contributed by atoms with Gasteiger partial charge in [0.15, 0.2) is 4.67 Å². The molecule has 0 spiro atoms. The number of aryl methyl sites for hydroxylation is 1. The lowest BCUT2D eigenvalue weighted by molar-refractivity contribution is 0.470. The minimum absolute atomic E-state index is 0.0972. The summed E-state index contributed by atoms with van der Waals surface area (Å²) >= 11 is 4.64. The fourth-order valence-corrected chi connectivity index (χ4v) is 4.55. The fraction of sp³-hybridized carbons (Fsp3) is 0.417. The third-order valence-corrected chi connectivity index (χ3v) is 6.11. The van der Waals surface area contributed by atoms with E-state index in [4.69, 9.17) is 4.42 Å². The summed E-state index contributed by atoms with van der Waals surface area (Å²) in [5.74, 6) is 0.548. The zero-order chi connectivity index (χ0) is 15.5. The predicted molar refractivity (Wildman–Crippen MR) is 84.7 cm³/mol. The van der Waals surface area contributed by atoms with Crippen LogP contribution in [0.25, 0.3) is 0 Å². The van der Waals surface area contributed by atoms with Gasteiger partial charge in [-0.2, -0.15) is 0 Å². The molecule has 0 amide bonds. The second-order valence-electron chi connectivity index (χ2n) is 4.28. The topological polar surface area (TPSA) is 84.2 Å². The SMILES string of the molecule is CCc1cnc(CNS(=O)(=O)c2cc(CNC)oc2Br)s1. The average Bonchev–Trinajstić information content (AvgIpc) is 3.04. The number of hydrogen-bond acceptors (Lipinski definition) is 6. The Bertz CT molecular complexity index is 709. The third kappa shape index (κ3) is 4.13. The van der Waals surface area contributed by atoms with Crippen molar-refractivity contribution >= 4 is 37.3 Å². The summed E-state index contributed by atoms with van der Waals surface area (Å²) < 4.78 is 32.6. The molecule has 9 heteroatoms. The largest absolute Gasteiger partial charge is 0.452 e. The first-order valence-corrected chi connectivity index (χ1v) is 9.41. The number of rotatable bonds is 7. The minimum atomic E-state index is -3.64. The Morgan fingerprint density at radius 1 is 1.43 bits per heavy atom. The van der Waals surface area contributed by atoms with E-state index in [0.717, 1.165) is 16.3 Å². The Labute approximate surface area is 136 Å². The van der Waals surface area contributed by atoms with Gasteiger partial charge in [-0.15, -0.1) is 11.3 Å². The molecule has 0 bridgehead atoms. The van der Waals surface area contributed by atoms with Crippen molar-refractivity contribution in [2.45, 2.75) is 31.3 Å². The minimum Gasteiger partial charge on any atom is -0.452 e. The van der Waals surface area contributed by atoms with Gasteiger partial charge in [0.1, 0.15) is 15.7 Å². The molecule has 0 fully saturated rings. The first-order chi connectivity index (χ1) is 9.96. The smallest absolute Gasteiger partial charge is 0.245 e. The average molecular weight is 394 g/mol. The van der Waals surface area contributed by atoms with E-state index < -0.39 is 10.0 Å². The zero-order valence-corrected chi connectivity index (χ0v) is 14.9. The van der Waals surface area contributed by atoms with Gasteiger partial charge >= 0.3 is 0 Å². The molecule has 2 rings (SSSR count). The molecule has 0 radical (unpaired) electrons. The van der Waals surface area contributed by atoms with E-state index in [2.05, 4.69) is 31.0 Å². The molecule has 21 heavy (non-hydrogen) atoms. The standard InChI is InChI=1S/C12H16BrN3O3S2/c1-3-9-6-15-11(20-9)7-16-21(17,18)10-4-8(5-14-2)19-12(10)13/h4,6,14,16H,3,5,7H2,1-2H3. The van der Waals surface area contributed by atoms with E-state index >= 15 is 0 Å². The Balaban J connectivity index is 2.10. The number of hydrogen-bond donors (Lipinski definition) is 2. The van der Waals surface area contributed by atoms with E-state index in [-0.39, 0.29) is 16.1 Å². The van der Waals surface area contributed by atoms with Gasteiger partial charge in [-0.05, 0) is 29.4 Å². The van der Waals surface area contributed by atoms with Crippen molar-refractivity contribution in [2.75, 3.05) is 7.05 Å². The van der Waals surface area contributed by atoms with Crippen LogP contribution in [0.1, 0.15) is 22.6 Å². The van der Waals surface area contributed by atoms with Crippen molar-refractivity contribution in [3.05, 3.63) is 32.6 Å². The van der Waals surface area contributed by atoms with Crippen molar-refractivity contribution in [2.24, 2.45) is 0 Å². The second-order valence-corrected chi connectivity index (χ2v) is 7.93. The molecule has 0 unspecified atom stereocenters. The van der Waals surface area contributed by atoms with E-state index in [1.54, 1.807) is 13.2 Å². The summed E-state index contributed by atoms with van der Waals surface area (Å²) in [6, 6.07) is 1.50. The maximum atomic E-state index is 12.3. The van der Waals surface area contributed by atoms with Crippen LogP contribution in [-0.4, -0.2) is 20.4 Å². The molecule has 2 heterocycles. The van der Waals surface area contributed by atoms with E-state index in [1.807, 2.05) is 6.92 Å². The Hall–Kier alpha value is -0.740. The summed E-state index contributed by atoms with van der Waals surface area (Å²) in [6.45, 7) is 2.67. The van der Waals surface area contributed by atoms with Crippen LogP contribution in [0.15, 0.2) is 26.2 Å². The zero-order valence-electron chi connectivity index (χ0n) is 11.6. The Morgan fingerprint density at radius 3 is 2.81 bits per heavy atom. The van der Waals surface area contributed by atoms with Gasteiger partial charge in [-0.1, -0.05) is 6.92 Å². The number of aromatic nitrogens is 1. The number of nitrogens with one attached hydrogen (secondary N) is 2. The lowest BCUT2D eigenvalue weighted by atomic mass is 10.4. The summed E-state index contributed by atoms with van der Waals surface area (Å²) in [6.07, 6.45) is 2.66. The van der Waals surface area contributed by atoms with Crippen molar-refractivity contribution in [1.82, 2.24) is 15.0 Å². The molecule has 0 aliphatic rings. The van der Waals surface area contributed by atoms with Gasteiger partial charge in [0.05, 0.1) is 13.1 Å². The number of furan rings is 1. The third-order valence-electron chi connectivity index (χ3n) is 2.71. The summed E-state index contributed by atoms with van der Waals surface area (Å²) in [7, 11) is -1.88. The molecule has 2 N–H and O–H groups in total. The van der Waals surface area contributed by atoms with Crippen LogP contribution in [0.4, 0.5) is 0 Å². The van der Waals surface area contributed by atoms with Crippen molar-refractivity contribution < 1.29 is 12.8 Å². The summed E-state index contributed by atoms with van der Waals surface area (Å²) in [5, 5.41) is 3.65. The van der Waals surface area contributed by atoms with Crippen molar-refractivity contribution in [3.63, 3.8) is 0 Å². The number of thiazole rings is 1. The highest BCUT2D eigenvalue weighted by Gasteiger charge is 2.22. The van der Waals surface area contributed by atoms with Crippen LogP contribution in [0.5, 0.6) is 0 Å². The molecule has 116 valence electrons. The lowest BCUT2D eigenvalue weighted by Crippen LogP contribution is -2.23. The first kappa shape index (κ1) is 16.6. The van der Waals surface area contributed by atoms with Crippen LogP contribution < -0.4 is 10.0 Å². The molecular weight excluding hydrogens is 378 g/mol. The molecule has 0 aliphatic heterocycles. The van der Waals surface area contributed by atoms with Gasteiger partial charge < -0.3 is 9.73 Å². The highest BCUT2D eigenvalue weighted by atomic mass is 79.9. The predicted octanol–water partition coefficient (Wildman–Crippen LogP) is 2.26. The van der Waals surface area contributed by atoms with Crippen LogP contribution in [0.2, 0.25) is 0 Å². The van der Waals surface area contributed by atoms with Crippen LogP contribution >= 0.6 is 27.3 Å². The molecule has 0 aromatic carbocycles. The highest BCUT2D eigenvalue weighted by Crippen LogP contribution is 2.26. The fourth-order valence-electron chi connectivity index (χ4n) is 1.67. The quantitative estimate of drug-likeness (QED) is 0.753. The second kappa shape index (κ2) is 7.01. The highest BCUT2D eigenvalue weighted by molar-refractivity contribution is 9.10. The summed E-state index contributed by atoms with van der Waals surface area (Å²) in [5.41, 5.74) is 0. The lowest BCUT2D eigenvalue weighted by Gasteiger charge is -2.02. The molecule has 0 aliphatic carbocycles. The maximum absolute atomic E-state index is 12.3. The van der Waals surface area contributed by atoms with Crippen LogP contribution in [-0.2, 0) is 29.5 Å². The number of sulfonamides is 1. The van der Waals surface area contributed by atoms with Crippen LogP contribution in [0, 0.1) is 0 Å². The van der Waals surface area contributed by atoms with Gasteiger partial charge in [-0.3, -0.25) is 0 Å². The van der Waals surface area contributed by atoms with Crippen molar-refractivity contribution in [3.8, 4) is 0 Å². The molecule has 2 aromatic rings. The van der Waals surface area contributed by atoms with Crippen molar-refractivity contribution in [1.29, 1.82) is 0 Å². The molecular formula is C12H16BrN3O3S2. The van der Waals surface area contributed by atoms with E-state index in [0.29, 0.717) is 12.3 Å². The molecule has 6 nitrogen and oxygen atoms in total. The molecule has 2 aromatic heterocycles. The van der Waals surface area contributed by atoms with E-state index in [1.165, 1.54) is 17.4 Å².